The fourth-order valence-electron chi connectivity index (χ4n) is 0.845. The minimum atomic E-state index is -0.435. The Kier molecular flexibility index (Phi) is 3.03. The van der Waals surface area contributed by atoms with Crippen molar-refractivity contribution in [2.24, 2.45) is 0 Å². The Morgan fingerprint density at radius 3 is 2.43 bits per heavy atom. The van der Waals surface area contributed by atoms with Gasteiger partial charge in [-0.3, -0.25) is 10.1 Å². The van der Waals surface area contributed by atoms with E-state index in [2.05, 4.69) is 18.4 Å². The first kappa shape index (κ1) is 10.0. The Morgan fingerprint density at radius 1 is 1.43 bits per heavy atom. The Labute approximate surface area is 82.2 Å². The van der Waals surface area contributed by atoms with Gasteiger partial charge >= 0.3 is 0 Å². The van der Waals surface area contributed by atoms with Gasteiger partial charge in [-0.05, 0) is 24.6 Å². The van der Waals surface area contributed by atoms with Crippen LogP contribution in [0.25, 0.3) is 0 Å². The zero-order valence-electron chi connectivity index (χ0n) is 7.78. The van der Waals surface area contributed by atoms with Gasteiger partial charge in [-0.1, -0.05) is 18.4 Å². The Hall–Kier alpha value is -2.08. The average molecular weight is 187 g/mol. The molecule has 0 aliphatic rings. The molecule has 14 heavy (non-hydrogen) atoms. The zero-order valence-corrected chi connectivity index (χ0v) is 7.78. The van der Waals surface area contributed by atoms with Gasteiger partial charge in [0.15, 0.2) is 0 Å². The fourth-order valence-corrected chi connectivity index (χ4v) is 0.845. The van der Waals surface area contributed by atoms with Crippen molar-refractivity contribution in [2.45, 2.75) is 6.92 Å². The molecule has 0 aromatic heterocycles. The van der Waals surface area contributed by atoms with Gasteiger partial charge in [0, 0.05) is 17.7 Å². The number of allylic oxidation sites excluding steroid dienone is 1. The Morgan fingerprint density at radius 2 is 2.00 bits per heavy atom. The van der Waals surface area contributed by atoms with E-state index in [1.807, 2.05) is 0 Å². The highest BCUT2D eigenvalue weighted by molar-refractivity contribution is 5.43. The van der Waals surface area contributed by atoms with Crippen LogP contribution in [0.2, 0.25) is 0 Å². The second-order valence-electron chi connectivity index (χ2n) is 2.83. The first-order valence-electron chi connectivity index (χ1n) is 4.01. The molecule has 0 N–H and O–H groups in total. The number of rotatable bonds is 1. The predicted molar refractivity (Wildman–Crippen MR) is 54.8 cm³/mol. The molecule has 70 valence electrons. The Balaban J connectivity index is 2.91. The third-order valence-corrected chi connectivity index (χ3v) is 1.50. The van der Waals surface area contributed by atoms with Crippen molar-refractivity contribution in [1.82, 2.24) is 0 Å². The number of nitro benzene ring substituents is 1. The monoisotopic (exact) mass is 187 g/mol. The second kappa shape index (κ2) is 4.24. The number of hydrogen-bond donors (Lipinski definition) is 0. The van der Waals surface area contributed by atoms with Crippen LogP contribution in [0.4, 0.5) is 5.69 Å². The molecule has 0 heterocycles. The van der Waals surface area contributed by atoms with Crippen LogP contribution in [0.5, 0.6) is 0 Å². The number of nitro groups is 1. The molecule has 0 saturated carbocycles. The second-order valence-corrected chi connectivity index (χ2v) is 2.83. The van der Waals surface area contributed by atoms with E-state index in [-0.39, 0.29) is 5.69 Å². The van der Waals surface area contributed by atoms with Crippen LogP contribution < -0.4 is 0 Å². The van der Waals surface area contributed by atoms with Crippen LogP contribution in [-0.2, 0) is 0 Å². The van der Waals surface area contributed by atoms with Gasteiger partial charge in [0.25, 0.3) is 5.69 Å². The van der Waals surface area contributed by atoms with Crippen molar-refractivity contribution >= 4 is 5.69 Å². The van der Waals surface area contributed by atoms with Crippen molar-refractivity contribution in [3.05, 3.63) is 52.1 Å². The fraction of sp³-hybridized carbons (Fsp3) is 0.0909. The van der Waals surface area contributed by atoms with Crippen LogP contribution in [-0.4, -0.2) is 4.92 Å². The topological polar surface area (TPSA) is 43.1 Å². The molecule has 0 aliphatic heterocycles. The van der Waals surface area contributed by atoms with Crippen LogP contribution in [0.15, 0.2) is 36.4 Å². The van der Waals surface area contributed by atoms with E-state index in [0.717, 1.165) is 11.1 Å². The smallest absolute Gasteiger partial charge is 0.258 e. The maximum Gasteiger partial charge on any atom is 0.269 e. The van der Waals surface area contributed by atoms with Crippen molar-refractivity contribution in [1.29, 1.82) is 0 Å². The molecule has 3 heteroatoms. The highest BCUT2D eigenvalue weighted by Gasteiger charge is 2.01. The van der Waals surface area contributed by atoms with E-state index in [1.54, 1.807) is 19.1 Å². The third-order valence-electron chi connectivity index (χ3n) is 1.50. The maximum absolute atomic E-state index is 10.3. The van der Waals surface area contributed by atoms with E-state index in [0.29, 0.717) is 0 Å². The molecule has 0 atom stereocenters. The molecule has 1 aromatic carbocycles. The third kappa shape index (κ3) is 2.76. The molecule has 1 aromatic rings. The largest absolute Gasteiger partial charge is 0.269 e. The summed E-state index contributed by atoms with van der Waals surface area (Å²) in [5.74, 6) is 5.63. The lowest BCUT2D eigenvalue weighted by Crippen LogP contribution is -1.86. The van der Waals surface area contributed by atoms with E-state index in [9.17, 15) is 10.1 Å². The molecule has 0 unspecified atom stereocenters. The zero-order chi connectivity index (χ0) is 10.6. The van der Waals surface area contributed by atoms with Gasteiger partial charge in [0.2, 0.25) is 0 Å². The average Bonchev–Trinajstić information content (AvgIpc) is 2.15. The van der Waals surface area contributed by atoms with Crippen molar-refractivity contribution in [2.75, 3.05) is 0 Å². The molecular formula is C11H9NO2. The molecule has 3 nitrogen and oxygen atoms in total. The summed E-state index contributed by atoms with van der Waals surface area (Å²) in [7, 11) is 0. The Bertz CT molecular complexity index is 421. The van der Waals surface area contributed by atoms with Crippen molar-refractivity contribution in [3.63, 3.8) is 0 Å². The summed E-state index contributed by atoms with van der Waals surface area (Å²) in [4.78, 5) is 9.90. The lowest BCUT2D eigenvalue weighted by molar-refractivity contribution is -0.384. The minimum absolute atomic E-state index is 0.0749. The summed E-state index contributed by atoms with van der Waals surface area (Å²) >= 11 is 0. The van der Waals surface area contributed by atoms with Crippen molar-refractivity contribution < 1.29 is 4.92 Å². The molecule has 0 saturated heterocycles. The van der Waals surface area contributed by atoms with Gasteiger partial charge in [-0.15, -0.1) is 0 Å². The number of non-ortho nitro benzene ring substituents is 1. The summed E-state index contributed by atoms with van der Waals surface area (Å²) in [6.07, 6.45) is 0. The molecule has 1 rings (SSSR count). The predicted octanol–water partition coefficient (Wildman–Crippen LogP) is 2.52. The molecule has 0 spiro atoms. The van der Waals surface area contributed by atoms with Gasteiger partial charge in [-0.2, -0.15) is 0 Å². The summed E-state index contributed by atoms with van der Waals surface area (Å²) in [6.45, 7) is 5.44. The maximum atomic E-state index is 10.3. The van der Waals surface area contributed by atoms with Crippen LogP contribution >= 0.6 is 0 Å². The lowest BCUT2D eigenvalue weighted by atomic mass is 10.2. The van der Waals surface area contributed by atoms with Crippen LogP contribution in [0.3, 0.4) is 0 Å². The summed E-state index contributed by atoms with van der Waals surface area (Å²) in [6, 6.07) is 6.10. The van der Waals surface area contributed by atoms with Gasteiger partial charge < -0.3 is 0 Å². The van der Waals surface area contributed by atoms with Gasteiger partial charge in [-0.25, -0.2) is 0 Å². The standard InChI is InChI=1S/C11H9NO2/c1-9(2)3-4-10-5-7-11(8-6-10)12(13)14/h5-8H,1H2,2H3. The highest BCUT2D eigenvalue weighted by Crippen LogP contribution is 2.10. The molecule has 0 fully saturated rings. The first-order valence-corrected chi connectivity index (χ1v) is 4.01. The number of benzene rings is 1. The molecule has 0 radical (unpaired) electrons. The van der Waals surface area contributed by atoms with Crippen molar-refractivity contribution in [3.8, 4) is 11.8 Å². The van der Waals surface area contributed by atoms with Gasteiger partial charge in [0.05, 0.1) is 4.92 Å². The van der Waals surface area contributed by atoms with Gasteiger partial charge in [0.1, 0.15) is 0 Å². The number of nitrogens with zero attached hydrogens (tertiary/aromatic N) is 1. The molecule has 0 amide bonds. The van der Waals surface area contributed by atoms with Crippen LogP contribution in [0.1, 0.15) is 12.5 Å². The van der Waals surface area contributed by atoms with E-state index >= 15 is 0 Å². The normalized spacial score (nSPS) is 8.64. The lowest BCUT2D eigenvalue weighted by Gasteiger charge is -1.90. The van der Waals surface area contributed by atoms with E-state index < -0.39 is 4.92 Å². The van der Waals surface area contributed by atoms with E-state index in [1.165, 1.54) is 12.1 Å². The summed E-state index contributed by atoms with van der Waals surface area (Å²) in [5.41, 5.74) is 1.59. The summed E-state index contributed by atoms with van der Waals surface area (Å²) in [5, 5.41) is 10.3. The highest BCUT2D eigenvalue weighted by atomic mass is 16.6. The first-order chi connectivity index (χ1) is 6.59. The minimum Gasteiger partial charge on any atom is -0.258 e. The number of hydrogen-bond acceptors (Lipinski definition) is 2. The quantitative estimate of drug-likeness (QED) is 0.385. The van der Waals surface area contributed by atoms with Crippen LogP contribution in [0, 0.1) is 22.0 Å². The van der Waals surface area contributed by atoms with E-state index in [4.69, 9.17) is 0 Å². The summed E-state index contributed by atoms with van der Waals surface area (Å²) < 4.78 is 0. The molecule has 0 aliphatic carbocycles. The molecule has 0 bridgehead atoms. The SMILES string of the molecule is C=C(C)C#Cc1ccc([N+](=O)[O-])cc1. The molecular weight excluding hydrogens is 178 g/mol.